The number of phosphoric acid groups is 1. The van der Waals surface area contributed by atoms with Crippen LogP contribution < -0.4 is 0 Å². The fourth-order valence-electron chi connectivity index (χ4n) is 9.16. The molecule has 0 fully saturated rings. The van der Waals surface area contributed by atoms with Crippen LogP contribution in [0.4, 0.5) is 0 Å². The molecule has 0 rings (SSSR count). The first-order chi connectivity index (χ1) is 45.0. The lowest BCUT2D eigenvalue weighted by Crippen LogP contribution is -2.37. The Morgan fingerprint density at radius 1 is 0.337 bits per heavy atom. The summed E-state index contributed by atoms with van der Waals surface area (Å²) in [4.78, 5) is 35.9. The van der Waals surface area contributed by atoms with Gasteiger partial charge in [0.25, 0.3) is 0 Å². The van der Waals surface area contributed by atoms with Gasteiger partial charge >= 0.3 is 19.8 Å². The van der Waals surface area contributed by atoms with Crippen LogP contribution in [0.15, 0.2) is 194 Å². The summed E-state index contributed by atoms with van der Waals surface area (Å²) in [6, 6.07) is 0. The Balaban J connectivity index is 4.19. The first-order valence-electron chi connectivity index (χ1n) is 36.2. The molecule has 0 amide bonds. The monoisotopic (exact) mass is 1290 g/mol. The van der Waals surface area contributed by atoms with Crippen molar-refractivity contribution in [3.05, 3.63) is 194 Å². The zero-order valence-electron chi connectivity index (χ0n) is 59.0. The molecule has 0 aliphatic rings. The van der Waals surface area contributed by atoms with Crippen molar-refractivity contribution in [2.24, 2.45) is 0 Å². The molecular weight excluding hydrogens is 1160 g/mol. The van der Waals surface area contributed by atoms with Crippen LogP contribution in [0.1, 0.15) is 258 Å². The van der Waals surface area contributed by atoms with Crippen molar-refractivity contribution in [1.29, 1.82) is 0 Å². The van der Waals surface area contributed by atoms with Crippen LogP contribution in [0.2, 0.25) is 0 Å². The SMILES string of the molecule is CC/C=C\C/C=C\C/C=C\C/C=C\C/C=C\C/C=C\C/C=C\C/C=C\C/C=C\C/C=C\C/C=C\C/C=C\CCCCC(=O)OC(COC(=O)CCCCCCCCCCCCCCCCCC/C=C\C/C=C\C/C=C\C/C=C\CC)COP(=O)(O)OCC[N+](C)(C)C. The van der Waals surface area contributed by atoms with E-state index in [2.05, 4.69) is 208 Å². The minimum absolute atomic E-state index is 0.0134. The summed E-state index contributed by atoms with van der Waals surface area (Å²) in [7, 11) is 1.43. The molecule has 0 aromatic heterocycles. The number of quaternary nitrogens is 1. The smallest absolute Gasteiger partial charge is 0.462 e. The lowest BCUT2D eigenvalue weighted by atomic mass is 10.0. The predicted molar refractivity (Wildman–Crippen MR) is 399 cm³/mol. The Morgan fingerprint density at radius 2 is 0.587 bits per heavy atom. The molecule has 518 valence electrons. The standard InChI is InChI=1S/C82H132NO8P/c1-6-8-10-12-14-16-18-20-22-24-26-28-30-32-34-36-37-38-39-40-41-42-43-44-45-47-49-51-53-55-57-59-61-63-65-67-69-71-73-75-82(85)91-80(79-90-92(86,87)89-77-76-83(3,4)5)78-88-81(84)74-72-70-68-66-64-62-60-58-56-54-52-50-48-46-35-33-31-29-27-25-23-21-19-17-15-13-11-9-7-2/h8-11,14-17,20-23,26-29,32,34,37-38,40-41,43-44,47,49,53,55,59,61,65,67,80H,6-7,12-13,18-19,24-25,30-31,33,35-36,39,42,45-46,48,50-52,54,56-58,60,62-64,66,68-79H2,1-5H3/p+1/b10-8-,11-9-,16-14-,17-15-,22-20-,23-21-,28-26-,29-27-,34-32-,38-37-,41-40-,44-43-,49-47-,55-53-,61-59-,67-65-. The van der Waals surface area contributed by atoms with Gasteiger partial charge in [0.1, 0.15) is 19.8 Å². The van der Waals surface area contributed by atoms with Gasteiger partial charge in [0.15, 0.2) is 6.10 Å². The van der Waals surface area contributed by atoms with Gasteiger partial charge in [-0.3, -0.25) is 18.6 Å². The van der Waals surface area contributed by atoms with Crippen molar-refractivity contribution >= 4 is 19.8 Å². The highest BCUT2D eigenvalue weighted by molar-refractivity contribution is 7.47. The van der Waals surface area contributed by atoms with Crippen LogP contribution in [-0.2, 0) is 32.7 Å². The van der Waals surface area contributed by atoms with Crippen molar-refractivity contribution in [2.45, 2.75) is 264 Å². The fourth-order valence-corrected chi connectivity index (χ4v) is 9.91. The summed E-state index contributed by atoms with van der Waals surface area (Å²) in [5.41, 5.74) is 0. The van der Waals surface area contributed by atoms with Crippen LogP contribution >= 0.6 is 7.82 Å². The zero-order chi connectivity index (χ0) is 66.9. The minimum atomic E-state index is -4.42. The van der Waals surface area contributed by atoms with E-state index < -0.39 is 26.5 Å². The van der Waals surface area contributed by atoms with Gasteiger partial charge in [-0.25, -0.2) is 4.57 Å². The topological polar surface area (TPSA) is 108 Å². The highest BCUT2D eigenvalue weighted by Gasteiger charge is 2.27. The number of ether oxygens (including phenoxy) is 2. The second-order valence-corrected chi connectivity index (χ2v) is 26.0. The van der Waals surface area contributed by atoms with Crippen molar-refractivity contribution in [2.75, 3.05) is 47.5 Å². The molecule has 0 bridgehead atoms. The summed E-state index contributed by atoms with van der Waals surface area (Å²) in [5, 5.41) is 0. The van der Waals surface area contributed by atoms with Crippen molar-refractivity contribution in [3.63, 3.8) is 0 Å². The molecule has 2 atom stereocenters. The number of allylic oxidation sites excluding steroid dienone is 32. The molecule has 0 saturated carbocycles. The van der Waals surface area contributed by atoms with Gasteiger partial charge in [-0.1, -0.05) is 298 Å². The fraction of sp³-hybridized carbons (Fsp3) is 0.585. The Hall–Kier alpha value is -5.15. The molecule has 0 spiro atoms. The molecule has 1 N–H and O–H groups in total. The second kappa shape index (κ2) is 70.2. The van der Waals surface area contributed by atoms with Gasteiger partial charge < -0.3 is 18.9 Å². The number of nitrogens with zero attached hydrogens (tertiary/aromatic N) is 1. The number of rotatable bonds is 64. The highest BCUT2D eigenvalue weighted by atomic mass is 31.2. The summed E-state index contributed by atoms with van der Waals surface area (Å²) in [6.07, 6.45) is 110. The summed E-state index contributed by atoms with van der Waals surface area (Å²) in [5.74, 6) is -0.858. The molecular formula is C82H133NO8P+. The third kappa shape index (κ3) is 73.9. The van der Waals surface area contributed by atoms with Crippen LogP contribution in [0.5, 0.6) is 0 Å². The Labute approximate surface area is 564 Å². The van der Waals surface area contributed by atoms with E-state index in [1.807, 2.05) is 21.1 Å². The van der Waals surface area contributed by atoms with E-state index in [9.17, 15) is 19.0 Å². The van der Waals surface area contributed by atoms with Gasteiger partial charge in [-0.2, -0.15) is 0 Å². The average Bonchev–Trinajstić information content (AvgIpc) is 2.14. The number of carbonyl (C=O) groups excluding carboxylic acids is 2. The molecule has 0 radical (unpaired) electrons. The van der Waals surface area contributed by atoms with Gasteiger partial charge in [-0.15, -0.1) is 0 Å². The van der Waals surface area contributed by atoms with Crippen LogP contribution in [-0.4, -0.2) is 74.9 Å². The van der Waals surface area contributed by atoms with Gasteiger partial charge in [0, 0.05) is 12.8 Å². The average molecular weight is 1290 g/mol. The lowest BCUT2D eigenvalue weighted by molar-refractivity contribution is -0.870. The Kier molecular flexibility index (Phi) is 66.2. The molecule has 0 aromatic carbocycles. The largest absolute Gasteiger partial charge is 0.472 e. The molecule has 92 heavy (non-hydrogen) atoms. The maximum absolute atomic E-state index is 12.9. The van der Waals surface area contributed by atoms with Gasteiger partial charge in [0.05, 0.1) is 27.7 Å². The minimum Gasteiger partial charge on any atom is -0.462 e. The van der Waals surface area contributed by atoms with E-state index in [4.69, 9.17) is 18.5 Å². The molecule has 10 heteroatoms. The number of hydrogen-bond donors (Lipinski definition) is 1. The number of likely N-dealkylation sites (N-methyl/N-ethyl adjacent to an activating group) is 1. The zero-order valence-corrected chi connectivity index (χ0v) is 59.8. The van der Waals surface area contributed by atoms with E-state index in [0.717, 1.165) is 135 Å². The number of unbranched alkanes of at least 4 members (excludes halogenated alkanes) is 18. The van der Waals surface area contributed by atoms with E-state index in [-0.39, 0.29) is 32.0 Å². The number of phosphoric ester groups is 1. The molecule has 2 unspecified atom stereocenters. The van der Waals surface area contributed by atoms with E-state index >= 15 is 0 Å². The highest BCUT2D eigenvalue weighted by Crippen LogP contribution is 2.43. The van der Waals surface area contributed by atoms with Crippen LogP contribution in [0, 0.1) is 0 Å². The number of hydrogen-bond acceptors (Lipinski definition) is 7. The van der Waals surface area contributed by atoms with Crippen molar-refractivity contribution in [3.8, 4) is 0 Å². The van der Waals surface area contributed by atoms with Crippen molar-refractivity contribution in [1.82, 2.24) is 0 Å². The van der Waals surface area contributed by atoms with E-state index in [1.165, 1.54) is 89.9 Å². The van der Waals surface area contributed by atoms with E-state index in [0.29, 0.717) is 17.4 Å². The van der Waals surface area contributed by atoms with Gasteiger partial charge in [0.2, 0.25) is 0 Å². The summed E-state index contributed by atoms with van der Waals surface area (Å²) >= 11 is 0. The molecule has 0 aromatic rings. The first kappa shape index (κ1) is 86.9. The molecule has 0 heterocycles. The second-order valence-electron chi connectivity index (χ2n) is 24.5. The Morgan fingerprint density at radius 3 is 0.891 bits per heavy atom. The molecule has 0 aliphatic heterocycles. The maximum atomic E-state index is 12.9. The summed E-state index contributed by atoms with van der Waals surface area (Å²) in [6.45, 7) is 4.15. The third-order valence-electron chi connectivity index (χ3n) is 14.6. The molecule has 0 saturated heterocycles. The van der Waals surface area contributed by atoms with Crippen LogP contribution in [0.3, 0.4) is 0 Å². The number of carbonyl (C=O) groups is 2. The van der Waals surface area contributed by atoms with Crippen molar-refractivity contribution < 1.29 is 42.1 Å². The third-order valence-corrected chi connectivity index (χ3v) is 15.6. The first-order valence-corrected chi connectivity index (χ1v) is 37.7. The maximum Gasteiger partial charge on any atom is 0.472 e. The van der Waals surface area contributed by atoms with E-state index in [1.54, 1.807) is 0 Å². The van der Waals surface area contributed by atoms with Crippen LogP contribution in [0.25, 0.3) is 0 Å². The molecule has 9 nitrogen and oxygen atoms in total. The normalized spacial score (nSPS) is 14.3. The van der Waals surface area contributed by atoms with Gasteiger partial charge in [-0.05, 0) is 141 Å². The predicted octanol–water partition coefficient (Wildman–Crippen LogP) is 24.0. The summed E-state index contributed by atoms with van der Waals surface area (Å²) < 4.78 is 34.7. The molecule has 0 aliphatic carbocycles. The number of esters is 2. The Bertz CT molecular complexity index is 2260. The quantitative estimate of drug-likeness (QED) is 0.0211. The lowest BCUT2D eigenvalue weighted by Gasteiger charge is -2.24.